The predicted molar refractivity (Wildman–Crippen MR) is 139 cm³/mol. The summed E-state index contributed by atoms with van der Waals surface area (Å²) < 4.78 is 7.31. The molecule has 0 aliphatic heterocycles. The summed E-state index contributed by atoms with van der Waals surface area (Å²) in [6, 6.07) is 14.6. The van der Waals surface area contributed by atoms with Crippen molar-refractivity contribution in [2.75, 3.05) is 7.11 Å². The molecule has 3 aromatic rings. The van der Waals surface area contributed by atoms with Crippen molar-refractivity contribution in [2.24, 2.45) is 0 Å². The maximum absolute atomic E-state index is 12.3. The van der Waals surface area contributed by atoms with E-state index in [1.807, 2.05) is 49.9 Å². The van der Waals surface area contributed by atoms with Crippen molar-refractivity contribution < 1.29 is 9.53 Å². The second kappa shape index (κ2) is 11.3. The molecule has 0 spiro atoms. The van der Waals surface area contributed by atoms with Gasteiger partial charge in [-0.05, 0) is 41.3 Å². The lowest BCUT2D eigenvalue weighted by atomic mass is 10.0. The first-order valence-corrected chi connectivity index (χ1v) is 12.4. The standard InChI is InChI=1S/C25H30ClNO2S.C2H6/c1-16(2)18-9-12-21-20(13-18)24(30-25(3,4)5)22(14-23(28)29-6)27(21)15-17-7-10-19(26)11-8-17;1-2/h7-13,16H,14-15H2,1-6H3;1-2H3. The molecule has 0 radical (unpaired) electrons. The number of carbonyl (C=O) groups is 1. The van der Waals surface area contributed by atoms with Crippen molar-refractivity contribution in [1.29, 1.82) is 0 Å². The number of thioether (sulfide) groups is 1. The smallest absolute Gasteiger partial charge is 0.311 e. The highest BCUT2D eigenvalue weighted by molar-refractivity contribution is 8.00. The molecule has 3 rings (SSSR count). The number of ether oxygens (including phenoxy) is 1. The zero-order valence-corrected chi connectivity index (χ0v) is 22.2. The highest BCUT2D eigenvalue weighted by Crippen LogP contribution is 2.42. The van der Waals surface area contributed by atoms with Gasteiger partial charge in [0.05, 0.1) is 13.5 Å². The van der Waals surface area contributed by atoms with Crippen LogP contribution in [0.25, 0.3) is 10.9 Å². The SMILES string of the molecule is CC.COC(=O)Cc1c(SC(C)(C)C)c2cc(C(C)C)ccc2n1Cc1ccc(Cl)cc1. The van der Waals surface area contributed by atoms with Gasteiger partial charge in [0.2, 0.25) is 0 Å². The average molecular weight is 474 g/mol. The zero-order chi connectivity index (χ0) is 24.1. The first-order valence-electron chi connectivity index (χ1n) is 11.2. The van der Waals surface area contributed by atoms with Crippen LogP contribution in [0.4, 0.5) is 0 Å². The van der Waals surface area contributed by atoms with Gasteiger partial charge in [-0.25, -0.2) is 0 Å². The molecule has 0 fully saturated rings. The highest BCUT2D eigenvalue weighted by Gasteiger charge is 2.25. The Morgan fingerprint density at radius 1 is 1.09 bits per heavy atom. The number of hydrogen-bond donors (Lipinski definition) is 0. The molecule has 32 heavy (non-hydrogen) atoms. The minimum absolute atomic E-state index is 0.0120. The predicted octanol–water partition coefficient (Wildman–Crippen LogP) is 8.10. The normalized spacial score (nSPS) is 11.4. The van der Waals surface area contributed by atoms with Gasteiger partial charge < -0.3 is 9.30 Å². The van der Waals surface area contributed by atoms with E-state index in [1.165, 1.54) is 23.0 Å². The van der Waals surface area contributed by atoms with Crippen LogP contribution in [-0.2, 0) is 22.5 Å². The molecule has 2 aromatic carbocycles. The Morgan fingerprint density at radius 3 is 2.25 bits per heavy atom. The van der Waals surface area contributed by atoms with Crippen LogP contribution < -0.4 is 0 Å². The minimum atomic E-state index is -0.227. The van der Waals surface area contributed by atoms with Crippen molar-refractivity contribution in [3.63, 3.8) is 0 Å². The number of halogens is 1. The molecule has 0 unspecified atom stereocenters. The van der Waals surface area contributed by atoms with Crippen molar-refractivity contribution in [3.05, 3.63) is 64.3 Å². The van der Waals surface area contributed by atoms with E-state index in [2.05, 4.69) is 57.4 Å². The van der Waals surface area contributed by atoms with Gasteiger partial charge in [0.15, 0.2) is 0 Å². The van der Waals surface area contributed by atoms with Gasteiger partial charge in [0, 0.05) is 37.8 Å². The third kappa shape index (κ3) is 6.55. The molecule has 5 heteroatoms. The molecule has 3 nitrogen and oxygen atoms in total. The maximum atomic E-state index is 12.3. The lowest BCUT2D eigenvalue weighted by Gasteiger charge is -2.19. The first kappa shape index (κ1) is 26.3. The lowest BCUT2D eigenvalue weighted by Crippen LogP contribution is -2.13. The summed E-state index contributed by atoms with van der Waals surface area (Å²) in [5.74, 6) is 0.209. The molecule has 0 amide bonds. The van der Waals surface area contributed by atoms with Gasteiger partial charge in [0.1, 0.15) is 0 Å². The molecule has 0 saturated carbocycles. The molecule has 0 bridgehead atoms. The topological polar surface area (TPSA) is 31.2 Å². The fourth-order valence-corrected chi connectivity index (χ4v) is 4.82. The van der Waals surface area contributed by atoms with Crippen LogP contribution in [0.5, 0.6) is 0 Å². The fourth-order valence-electron chi connectivity index (χ4n) is 3.51. The molecule has 0 aliphatic carbocycles. The van der Waals surface area contributed by atoms with E-state index in [9.17, 15) is 4.79 Å². The number of nitrogens with zero attached hydrogens (tertiary/aromatic N) is 1. The molecule has 0 atom stereocenters. The number of hydrogen-bond acceptors (Lipinski definition) is 3. The van der Waals surface area contributed by atoms with E-state index in [-0.39, 0.29) is 17.1 Å². The summed E-state index contributed by atoms with van der Waals surface area (Å²) >= 11 is 7.89. The van der Waals surface area contributed by atoms with Gasteiger partial charge in [-0.2, -0.15) is 0 Å². The quantitative estimate of drug-likeness (QED) is 0.267. The number of benzene rings is 2. The van der Waals surface area contributed by atoms with Crippen molar-refractivity contribution in [1.82, 2.24) is 4.57 Å². The van der Waals surface area contributed by atoms with Crippen LogP contribution in [0, 0.1) is 0 Å². The van der Waals surface area contributed by atoms with Gasteiger partial charge in [0.25, 0.3) is 0 Å². The molecule has 0 saturated heterocycles. The third-order valence-corrected chi connectivity index (χ3v) is 6.54. The summed E-state index contributed by atoms with van der Waals surface area (Å²) in [5.41, 5.74) is 4.59. The number of rotatable bonds is 6. The second-order valence-electron chi connectivity index (χ2n) is 8.89. The van der Waals surface area contributed by atoms with Crippen LogP contribution in [0.3, 0.4) is 0 Å². The van der Waals surface area contributed by atoms with Crippen LogP contribution in [-0.4, -0.2) is 22.4 Å². The average Bonchev–Trinajstić information content (AvgIpc) is 3.01. The number of fused-ring (bicyclic) bond motifs is 1. The largest absolute Gasteiger partial charge is 0.469 e. The Hall–Kier alpha value is -1.91. The number of esters is 1. The van der Waals surface area contributed by atoms with E-state index in [0.29, 0.717) is 12.5 Å². The van der Waals surface area contributed by atoms with Crippen LogP contribution in [0.1, 0.15) is 71.2 Å². The van der Waals surface area contributed by atoms with Gasteiger partial charge >= 0.3 is 5.97 Å². The van der Waals surface area contributed by atoms with Crippen LogP contribution in [0.2, 0.25) is 5.02 Å². The zero-order valence-electron chi connectivity index (χ0n) is 20.6. The third-order valence-electron chi connectivity index (χ3n) is 5.01. The summed E-state index contributed by atoms with van der Waals surface area (Å²) in [7, 11) is 1.45. The Morgan fingerprint density at radius 2 is 1.72 bits per heavy atom. The Kier molecular flexibility index (Phi) is 9.29. The Bertz CT molecular complexity index is 1050. The molecule has 0 aliphatic rings. The van der Waals surface area contributed by atoms with E-state index in [4.69, 9.17) is 16.3 Å². The van der Waals surface area contributed by atoms with Crippen molar-refractivity contribution in [3.8, 4) is 0 Å². The maximum Gasteiger partial charge on any atom is 0.311 e. The number of aromatic nitrogens is 1. The van der Waals surface area contributed by atoms with Crippen molar-refractivity contribution in [2.45, 2.75) is 77.0 Å². The Labute approximate surface area is 202 Å². The molecule has 174 valence electrons. The van der Waals surface area contributed by atoms with Gasteiger partial charge in [-0.1, -0.05) is 78.3 Å². The summed E-state index contributed by atoms with van der Waals surface area (Å²) in [6.45, 7) is 15.7. The van der Waals surface area contributed by atoms with Crippen LogP contribution in [0.15, 0.2) is 47.4 Å². The molecular weight excluding hydrogens is 438 g/mol. The van der Waals surface area contributed by atoms with E-state index < -0.39 is 0 Å². The van der Waals surface area contributed by atoms with E-state index in [0.717, 1.165) is 21.8 Å². The summed E-state index contributed by atoms with van der Waals surface area (Å²) in [4.78, 5) is 13.5. The lowest BCUT2D eigenvalue weighted by molar-refractivity contribution is -0.139. The molecule has 1 heterocycles. The first-order chi connectivity index (χ1) is 15.1. The van der Waals surface area contributed by atoms with Gasteiger partial charge in [-0.3, -0.25) is 4.79 Å². The summed E-state index contributed by atoms with van der Waals surface area (Å²) in [6.07, 6.45) is 0.244. The molecule has 1 aromatic heterocycles. The fraction of sp³-hybridized carbons (Fsp3) is 0.444. The van der Waals surface area contributed by atoms with Gasteiger partial charge in [-0.15, -0.1) is 11.8 Å². The van der Waals surface area contributed by atoms with Crippen molar-refractivity contribution >= 4 is 40.2 Å². The molecule has 0 N–H and O–H groups in total. The van der Waals surface area contributed by atoms with E-state index in [1.54, 1.807) is 0 Å². The highest BCUT2D eigenvalue weighted by atomic mass is 35.5. The number of carbonyl (C=O) groups excluding carboxylic acids is 1. The van der Waals surface area contributed by atoms with Crippen LogP contribution >= 0.6 is 23.4 Å². The van der Waals surface area contributed by atoms with E-state index >= 15 is 0 Å². The summed E-state index contributed by atoms with van der Waals surface area (Å²) in [5, 5.41) is 1.92. The molecular formula is C27H36ClNO2S. The number of methoxy groups -OCH3 is 1. The second-order valence-corrected chi connectivity index (χ2v) is 11.2. The Balaban J connectivity index is 0.00000176. The monoisotopic (exact) mass is 473 g/mol. The minimum Gasteiger partial charge on any atom is -0.469 e.